The van der Waals surface area contributed by atoms with Gasteiger partial charge in [0.1, 0.15) is 0 Å². The Kier molecular flexibility index (Phi) is 5.98. The fraction of sp³-hybridized carbons (Fsp3) is 0.941. The van der Waals surface area contributed by atoms with Gasteiger partial charge in [0.15, 0.2) is 8.32 Å². The SMILES string of the molecule is CC(C)(C)N(C(=O)O)[C@H]1CC[C@H](O)C[C@@H]1O[Si](C)(C)C(C)(C)C. The minimum atomic E-state index is -2.03. The Morgan fingerprint density at radius 3 is 2.04 bits per heavy atom. The van der Waals surface area contributed by atoms with E-state index in [9.17, 15) is 15.0 Å². The number of hydrogen-bond donors (Lipinski definition) is 2. The van der Waals surface area contributed by atoms with Gasteiger partial charge in [-0.25, -0.2) is 4.79 Å². The van der Waals surface area contributed by atoms with Crippen LogP contribution in [0.3, 0.4) is 0 Å². The van der Waals surface area contributed by atoms with Crippen molar-refractivity contribution in [1.82, 2.24) is 4.90 Å². The van der Waals surface area contributed by atoms with Crippen molar-refractivity contribution in [2.45, 2.75) is 103 Å². The molecule has 136 valence electrons. The van der Waals surface area contributed by atoms with Crippen molar-refractivity contribution >= 4 is 14.4 Å². The van der Waals surface area contributed by atoms with Crippen LogP contribution in [0.4, 0.5) is 4.79 Å². The fourth-order valence-corrected chi connectivity index (χ4v) is 4.36. The van der Waals surface area contributed by atoms with Crippen LogP contribution < -0.4 is 0 Å². The van der Waals surface area contributed by atoms with E-state index in [0.717, 1.165) is 0 Å². The zero-order valence-electron chi connectivity index (χ0n) is 16.0. The molecule has 3 atom stereocenters. The van der Waals surface area contributed by atoms with Gasteiger partial charge >= 0.3 is 6.09 Å². The number of rotatable bonds is 3. The van der Waals surface area contributed by atoms with Gasteiger partial charge in [-0.05, 0) is 51.7 Å². The van der Waals surface area contributed by atoms with Crippen molar-refractivity contribution in [1.29, 1.82) is 0 Å². The summed E-state index contributed by atoms with van der Waals surface area (Å²) in [4.78, 5) is 13.4. The average molecular weight is 346 g/mol. The van der Waals surface area contributed by atoms with Gasteiger partial charge < -0.3 is 14.6 Å². The minimum Gasteiger partial charge on any atom is -0.465 e. The summed E-state index contributed by atoms with van der Waals surface area (Å²) >= 11 is 0. The number of hydrogen-bond acceptors (Lipinski definition) is 3. The smallest absolute Gasteiger partial charge is 0.408 e. The van der Waals surface area contributed by atoms with Crippen LogP contribution in [-0.2, 0) is 4.43 Å². The first kappa shape index (κ1) is 20.5. The predicted molar refractivity (Wildman–Crippen MR) is 95.3 cm³/mol. The van der Waals surface area contributed by atoms with Crippen LogP contribution >= 0.6 is 0 Å². The quantitative estimate of drug-likeness (QED) is 0.757. The van der Waals surface area contributed by atoms with Gasteiger partial charge in [0.2, 0.25) is 0 Å². The third-order valence-corrected chi connectivity index (χ3v) is 9.75. The maximum absolute atomic E-state index is 11.9. The molecule has 2 N–H and O–H groups in total. The van der Waals surface area contributed by atoms with Gasteiger partial charge in [0.25, 0.3) is 0 Å². The predicted octanol–water partition coefficient (Wildman–Crippen LogP) is 4.07. The highest BCUT2D eigenvalue weighted by Crippen LogP contribution is 2.40. The molecule has 5 nitrogen and oxygen atoms in total. The highest BCUT2D eigenvalue weighted by Gasteiger charge is 2.46. The lowest BCUT2D eigenvalue weighted by atomic mass is 9.87. The molecule has 1 saturated carbocycles. The molecule has 0 saturated heterocycles. The highest BCUT2D eigenvalue weighted by atomic mass is 28.4. The second-order valence-electron chi connectivity index (χ2n) is 9.27. The number of amides is 1. The van der Waals surface area contributed by atoms with E-state index in [1.54, 1.807) is 0 Å². The second kappa shape index (κ2) is 6.73. The van der Waals surface area contributed by atoms with Crippen LogP contribution in [-0.4, -0.2) is 53.3 Å². The van der Waals surface area contributed by atoms with Gasteiger partial charge in [0, 0.05) is 12.0 Å². The molecule has 0 aromatic carbocycles. The summed E-state index contributed by atoms with van der Waals surface area (Å²) < 4.78 is 6.53. The Balaban J connectivity index is 3.11. The molecule has 1 amide bonds. The van der Waals surface area contributed by atoms with Crippen LogP contribution in [0, 0.1) is 0 Å². The molecular weight excluding hydrogens is 310 g/mol. The zero-order valence-corrected chi connectivity index (χ0v) is 17.0. The monoisotopic (exact) mass is 345 g/mol. The number of nitrogens with zero attached hydrogens (tertiary/aromatic N) is 1. The molecular formula is C17H35NO4Si. The van der Waals surface area contributed by atoms with Crippen molar-refractivity contribution in [2.75, 3.05) is 0 Å². The van der Waals surface area contributed by atoms with Crippen molar-refractivity contribution < 1.29 is 19.4 Å². The van der Waals surface area contributed by atoms with E-state index < -0.39 is 26.1 Å². The molecule has 1 fully saturated rings. The Morgan fingerprint density at radius 2 is 1.65 bits per heavy atom. The normalized spacial score (nSPS) is 26.9. The van der Waals surface area contributed by atoms with Crippen molar-refractivity contribution in [3.05, 3.63) is 0 Å². The maximum Gasteiger partial charge on any atom is 0.408 e. The molecule has 0 unspecified atom stereocenters. The lowest BCUT2D eigenvalue weighted by Gasteiger charge is -2.49. The largest absolute Gasteiger partial charge is 0.465 e. The molecule has 0 heterocycles. The Labute approximate surface area is 142 Å². The first-order chi connectivity index (χ1) is 10.2. The van der Waals surface area contributed by atoms with E-state index in [-0.39, 0.29) is 17.2 Å². The van der Waals surface area contributed by atoms with Crippen molar-refractivity contribution in [3.8, 4) is 0 Å². The van der Waals surface area contributed by atoms with Crippen LogP contribution in [0.2, 0.25) is 18.1 Å². The number of aliphatic hydroxyl groups excluding tert-OH is 1. The van der Waals surface area contributed by atoms with E-state index in [1.807, 2.05) is 20.8 Å². The summed E-state index contributed by atoms with van der Waals surface area (Å²) in [7, 11) is -2.03. The summed E-state index contributed by atoms with van der Waals surface area (Å²) in [6.45, 7) is 16.6. The molecule has 1 rings (SSSR count). The third kappa shape index (κ3) is 4.94. The molecule has 0 bridgehead atoms. The summed E-state index contributed by atoms with van der Waals surface area (Å²) in [5, 5.41) is 19.9. The molecule has 1 aliphatic rings. The molecule has 0 aromatic heterocycles. The number of carboxylic acid groups (broad SMARTS) is 1. The summed E-state index contributed by atoms with van der Waals surface area (Å²) in [6.07, 6.45) is 0.220. The highest BCUT2D eigenvalue weighted by molar-refractivity contribution is 6.74. The van der Waals surface area contributed by atoms with E-state index in [2.05, 4.69) is 33.9 Å². The molecule has 0 spiro atoms. The molecule has 0 aromatic rings. The molecule has 0 radical (unpaired) electrons. The zero-order chi connectivity index (χ0) is 18.2. The van der Waals surface area contributed by atoms with Gasteiger partial charge in [-0.2, -0.15) is 0 Å². The molecule has 1 aliphatic carbocycles. The third-order valence-electron chi connectivity index (χ3n) is 5.24. The minimum absolute atomic E-state index is 0.0513. The summed E-state index contributed by atoms with van der Waals surface area (Å²) in [5.41, 5.74) is -0.492. The Hall–Kier alpha value is -0.593. The second-order valence-corrected chi connectivity index (χ2v) is 14.0. The standard InChI is InChI=1S/C17H35NO4Si/c1-16(2,3)18(15(20)21)13-10-9-12(19)11-14(13)22-23(7,8)17(4,5)6/h12-14,19H,9-11H2,1-8H3,(H,20,21)/t12-,13-,14-/m0/s1. The molecule has 6 heteroatoms. The fourth-order valence-electron chi connectivity index (χ4n) is 3.00. The summed E-state index contributed by atoms with van der Waals surface area (Å²) in [6, 6.07) is -0.204. The molecule has 23 heavy (non-hydrogen) atoms. The van der Waals surface area contributed by atoms with E-state index >= 15 is 0 Å². The van der Waals surface area contributed by atoms with Gasteiger partial charge in [-0.15, -0.1) is 0 Å². The van der Waals surface area contributed by atoms with Crippen LogP contribution in [0.1, 0.15) is 60.8 Å². The lowest BCUT2D eigenvalue weighted by molar-refractivity contribution is -0.0391. The Morgan fingerprint density at radius 1 is 1.13 bits per heavy atom. The van der Waals surface area contributed by atoms with Gasteiger partial charge in [0.05, 0.1) is 18.2 Å². The van der Waals surface area contributed by atoms with Crippen LogP contribution in [0.15, 0.2) is 0 Å². The van der Waals surface area contributed by atoms with Crippen LogP contribution in [0.25, 0.3) is 0 Å². The number of carbonyl (C=O) groups is 1. The summed E-state index contributed by atoms with van der Waals surface area (Å²) in [5.74, 6) is 0. The van der Waals surface area contributed by atoms with Gasteiger partial charge in [-0.3, -0.25) is 4.90 Å². The number of aliphatic hydroxyl groups is 1. The maximum atomic E-state index is 11.9. The molecule has 0 aliphatic heterocycles. The van der Waals surface area contributed by atoms with Crippen molar-refractivity contribution in [3.63, 3.8) is 0 Å². The van der Waals surface area contributed by atoms with Crippen molar-refractivity contribution in [2.24, 2.45) is 0 Å². The van der Waals surface area contributed by atoms with E-state index in [1.165, 1.54) is 4.90 Å². The van der Waals surface area contributed by atoms with Crippen LogP contribution in [0.5, 0.6) is 0 Å². The first-order valence-electron chi connectivity index (χ1n) is 8.55. The Bertz CT molecular complexity index is 425. The van der Waals surface area contributed by atoms with E-state index in [4.69, 9.17) is 4.43 Å². The van der Waals surface area contributed by atoms with Gasteiger partial charge in [-0.1, -0.05) is 20.8 Å². The van der Waals surface area contributed by atoms with E-state index in [0.29, 0.717) is 19.3 Å². The first-order valence-corrected chi connectivity index (χ1v) is 11.5. The topological polar surface area (TPSA) is 70.0 Å². The lowest BCUT2D eigenvalue weighted by Crippen LogP contribution is -2.60. The average Bonchev–Trinajstić information content (AvgIpc) is 2.28.